The van der Waals surface area contributed by atoms with Crippen molar-refractivity contribution in [3.8, 4) is 0 Å². The van der Waals surface area contributed by atoms with Gasteiger partial charge in [0.1, 0.15) is 0 Å². The number of carboxylic acid groups (broad SMARTS) is 1. The van der Waals surface area contributed by atoms with Crippen LogP contribution in [0.3, 0.4) is 0 Å². The topological polar surface area (TPSA) is 56.7 Å². The molecule has 0 aliphatic carbocycles. The van der Waals surface area contributed by atoms with E-state index in [1.165, 1.54) is 11.1 Å². The van der Waals surface area contributed by atoms with Gasteiger partial charge in [0.2, 0.25) is 0 Å². The Labute approximate surface area is 187 Å². The van der Waals surface area contributed by atoms with Crippen molar-refractivity contribution in [2.24, 2.45) is 5.92 Å². The highest BCUT2D eigenvalue weighted by molar-refractivity contribution is 6.39. The van der Waals surface area contributed by atoms with Gasteiger partial charge in [0.15, 0.2) is 0 Å². The molecule has 2 aliphatic rings. The summed E-state index contributed by atoms with van der Waals surface area (Å²) in [5.41, 5.74) is 5.62. The number of nitrogens with zero attached hydrogens (tertiary/aromatic N) is 3. The lowest BCUT2D eigenvalue weighted by atomic mass is 9.92. The summed E-state index contributed by atoms with van der Waals surface area (Å²) in [5, 5.41) is 10.6. The largest absolute Gasteiger partial charge is 0.481 e. The van der Waals surface area contributed by atoms with Crippen LogP contribution < -0.4 is 4.90 Å². The summed E-state index contributed by atoms with van der Waals surface area (Å²) < 4.78 is 0. The van der Waals surface area contributed by atoms with Gasteiger partial charge in [0, 0.05) is 36.9 Å². The molecule has 7 heteroatoms. The highest BCUT2D eigenvalue weighted by Crippen LogP contribution is 2.40. The van der Waals surface area contributed by atoms with Crippen LogP contribution in [0.1, 0.15) is 41.3 Å². The number of hydrogen-bond donors (Lipinski definition) is 1. The molecule has 4 rings (SSSR count). The van der Waals surface area contributed by atoms with Crippen LogP contribution in [-0.4, -0.2) is 47.1 Å². The molecule has 0 radical (unpaired) electrons. The van der Waals surface area contributed by atoms with Gasteiger partial charge in [0.05, 0.1) is 21.7 Å². The van der Waals surface area contributed by atoms with Gasteiger partial charge in [0.25, 0.3) is 0 Å². The Morgan fingerprint density at radius 3 is 2.37 bits per heavy atom. The third-order valence-corrected chi connectivity index (χ3v) is 7.06. The first-order valence-corrected chi connectivity index (χ1v) is 11.2. The van der Waals surface area contributed by atoms with Gasteiger partial charge >= 0.3 is 5.97 Å². The molecular formula is C23H27Cl2N3O2. The molecule has 3 heterocycles. The number of pyridine rings is 1. The summed E-state index contributed by atoms with van der Waals surface area (Å²) in [5.74, 6) is -0.493. The molecule has 2 aliphatic heterocycles. The molecule has 30 heavy (non-hydrogen) atoms. The van der Waals surface area contributed by atoms with Crippen molar-refractivity contribution in [1.82, 2.24) is 9.88 Å². The van der Waals surface area contributed by atoms with Gasteiger partial charge in [-0.3, -0.25) is 14.7 Å². The normalized spacial score (nSPS) is 18.5. The number of aliphatic carboxylic acids is 1. The summed E-state index contributed by atoms with van der Waals surface area (Å²) in [6.07, 6.45) is 1.45. The van der Waals surface area contributed by atoms with Crippen LogP contribution >= 0.6 is 23.2 Å². The number of anilines is 1. The number of halogens is 2. The monoisotopic (exact) mass is 447 g/mol. The first-order chi connectivity index (χ1) is 14.3. The van der Waals surface area contributed by atoms with Crippen molar-refractivity contribution in [1.29, 1.82) is 0 Å². The predicted molar refractivity (Wildman–Crippen MR) is 121 cm³/mol. The zero-order chi connectivity index (χ0) is 21.4. The number of likely N-dealkylation sites (tertiary alicyclic amines) is 1. The van der Waals surface area contributed by atoms with Gasteiger partial charge in [-0.2, -0.15) is 0 Å². The predicted octanol–water partition coefficient (Wildman–Crippen LogP) is 4.91. The summed E-state index contributed by atoms with van der Waals surface area (Å²) in [6.45, 7) is 8.44. The Hall–Kier alpha value is -1.82. The zero-order valence-electron chi connectivity index (χ0n) is 17.4. The number of benzene rings is 1. The molecule has 0 bridgehead atoms. The maximum Gasteiger partial charge on any atom is 0.306 e. The minimum Gasteiger partial charge on any atom is -0.481 e. The first kappa shape index (κ1) is 21.4. The second-order valence-electron chi connectivity index (χ2n) is 8.49. The summed E-state index contributed by atoms with van der Waals surface area (Å²) in [4.78, 5) is 20.6. The molecule has 0 spiro atoms. The molecule has 5 nitrogen and oxygen atoms in total. The molecule has 0 atom stereocenters. The molecule has 2 fully saturated rings. The zero-order valence-corrected chi connectivity index (χ0v) is 18.9. The van der Waals surface area contributed by atoms with Crippen molar-refractivity contribution >= 4 is 34.9 Å². The average molecular weight is 448 g/mol. The van der Waals surface area contributed by atoms with Gasteiger partial charge in [-0.1, -0.05) is 29.3 Å². The number of hydrogen-bond acceptors (Lipinski definition) is 4. The van der Waals surface area contributed by atoms with Crippen molar-refractivity contribution in [2.45, 2.75) is 39.2 Å². The Balaban J connectivity index is 1.41. The Morgan fingerprint density at radius 2 is 1.80 bits per heavy atom. The lowest BCUT2D eigenvalue weighted by molar-refractivity contribution is -0.143. The fraction of sp³-hybridized carbons (Fsp3) is 0.478. The molecule has 2 aromatic rings. The quantitative estimate of drug-likeness (QED) is 0.705. The van der Waals surface area contributed by atoms with E-state index in [-0.39, 0.29) is 5.92 Å². The van der Waals surface area contributed by atoms with Crippen molar-refractivity contribution in [3.63, 3.8) is 0 Å². The van der Waals surface area contributed by atoms with Gasteiger partial charge < -0.3 is 10.0 Å². The molecular weight excluding hydrogens is 421 g/mol. The smallest absolute Gasteiger partial charge is 0.306 e. The van der Waals surface area contributed by atoms with E-state index >= 15 is 0 Å². The fourth-order valence-electron chi connectivity index (χ4n) is 4.54. The minimum atomic E-state index is -0.666. The van der Waals surface area contributed by atoms with Crippen LogP contribution in [0.15, 0.2) is 24.3 Å². The van der Waals surface area contributed by atoms with Crippen LogP contribution in [0.5, 0.6) is 0 Å². The van der Waals surface area contributed by atoms with E-state index < -0.39 is 5.97 Å². The number of rotatable bonds is 5. The van der Waals surface area contributed by atoms with Crippen molar-refractivity contribution < 1.29 is 9.90 Å². The summed E-state index contributed by atoms with van der Waals surface area (Å²) in [6, 6.07) is 7.82. The first-order valence-electron chi connectivity index (χ1n) is 10.4. The lowest BCUT2D eigenvalue weighted by Crippen LogP contribution is -2.45. The number of para-hydroxylation sites is 1. The Kier molecular flexibility index (Phi) is 6.24. The van der Waals surface area contributed by atoms with Gasteiger partial charge in [-0.05, 0) is 69.1 Å². The maximum atomic E-state index is 11.2. The van der Waals surface area contributed by atoms with Crippen LogP contribution in [0.2, 0.25) is 10.0 Å². The average Bonchev–Trinajstić information content (AvgIpc) is 2.66. The summed E-state index contributed by atoms with van der Waals surface area (Å²) in [7, 11) is 0. The number of piperidine rings is 1. The SMILES string of the molecule is Cc1cc(C2CN(c3c(Cl)cccc3Cl)C2)nc(C)c1CN1CCC(C(=O)O)CC1. The number of aromatic nitrogens is 1. The van der Waals surface area contributed by atoms with Gasteiger partial charge in [-0.25, -0.2) is 0 Å². The maximum absolute atomic E-state index is 11.2. The number of aryl methyl sites for hydroxylation is 2. The molecule has 0 amide bonds. The van der Waals surface area contributed by atoms with Crippen molar-refractivity contribution in [2.75, 3.05) is 31.1 Å². The minimum absolute atomic E-state index is 0.197. The third kappa shape index (κ3) is 4.29. The highest BCUT2D eigenvalue weighted by atomic mass is 35.5. The van der Waals surface area contributed by atoms with Crippen LogP contribution in [-0.2, 0) is 11.3 Å². The molecule has 0 unspecified atom stereocenters. The molecule has 1 N–H and O–H groups in total. The van der Waals surface area contributed by atoms with E-state index in [2.05, 4.69) is 29.7 Å². The Bertz CT molecular complexity index is 908. The second kappa shape index (κ2) is 8.74. The molecule has 2 saturated heterocycles. The van der Waals surface area contributed by atoms with E-state index in [9.17, 15) is 9.90 Å². The molecule has 0 saturated carbocycles. The Morgan fingerprint density at radius 1 is 1.17 bits per heavy atom. The van der Waals surface area contributed by atoms with E-state index in [1.54, 1.807) is 0 Å². The standard InChI is InChI=1S/C23H27Cl2N3O2/c1-14-10-21(17-11-28(12-17)22-19(24)4-3-5-20(22)25)26-15(2)18(14)13-27-8-6-16(7-9-27)23(29)30/h3-5,10,16-17H,6-9,11-13H2,1-2H3,(H,29,30). The fourth-order valence-corrected chi connectivity index (χ4v) is 5.17. The summed E-state index contributed by atoms with van der Waals surface area (Å²) >= 11 is 12.7. The molecule has 1 aromatic heterocycles. The van der Waals surface area contributed by atoms with Gasteiger partial charge in [-0.15, -0.1) is 0 Å². The van der Waals surface area contributed by atoms with E-state index in [4.69, 9.17) is 28.2 Å². The van der Waals surface area contributed by atoms with E-state index in [0.29, 0.717) is 16.0 Å². The van der Waals surface area contributed by atoms with Crippen LogP contribution in [0.25, 0.3) is 0 Å². The van der Waals surface area contributed by atoms with Crippen LogP contribution in [0, 0.1) is 19.8 Å². The number of carboxylic acids is 1. The third-order valence-electron chi connectivity index (χ3n) is 6.45. The highest BCUT2D eigenvalue weighted by Gasteiger charge is 2.32. The lowest BCUT2D eigenvalue weighted by Gasteiger charge is -2.42. The molecule has 160 valence electrons. The van der Waals surface area contributed by atoms with Crippen LogP contribution in [0.4, 0.5) is 5.69 Å². The van der Waals surface area contributed by atoms with Crippen molar-refractivity contribution in [3.05, 3.63) is 56.8 Å². The van der Waals surface area contributed by atoms with E-state index in [0.717, 1.165) is 62.6 Å². The second-order valence-corrected chi connectivity index (χ2v) is 9.30. The molecule has 1 aromatic carbocycles. The van der Waals surface area contributed by atoms with E-state index in [1.807, 2.05) is 18.2 Å². The number of carbonyl (C=O) groups is 1.